The number of hydrogen-bond acceptors (Lipinski definition) is 3. The van der Waals surface area contributed by atoms with Crippen LogP contribution in [0, 0.1) is 17.2 Å². The summed E-state index contributed by atoms with van der Waals surface area (Å²) in [5, 5.41) is 9.50. The Morgan fingerprint density at radius 1 is 1.37 bits per heavy atom. The van der Waals surface area contributed by atoms with Crippen LogP contribution in [0.2, 0.25) is 0 Å². The summed E-state index contributed by atoms with van der Waals surface area (Å²) in [4.78, 5) is 2.36. The van der Waals surface area contributed by atoms with E-state index in [1.165, 1.54) is 12.8 Å². The zero-order valence-electron chi connectivity index (χ0n) is 11.7. The molecule has 2 rings (SSSR count). The number of nitrogens with zero attached hydrogens (tertiary/aromatic N) is 2. The normalized spacial score (nSPS) is 18.0. The maximum Gasteiger partial charge on any atom is 0.142 e. The van der Waals surface area contributed by atoms with Gasteiger partial charge in [0.15, 0.2) is 0 Å². The van der Waals surface area contributed by atoms with Crippen molar-refractivity contribution in [3.05, 3.63) is 35.9 Å². The average Bonchev–Trinajstić information content (AvgIpc) is 3.24. The maximum absolute atomic E-state index is 9.50. The molecule has 0 heterocycles. The van der Waals surface area contributed by atoms with Crippen LogP contribution >= 0.6 is 0 Å². The zero-order valence-corrected chi connectivity index (χ0v) is 11.7. The van der Waals surface area contributed by atoms with Crippen LogP contribution in [0.15, 0.2) is 30.3 Å². The van der Waals surface area contributed by atoms with E-state index in [4.69, 9.17) is 5.73 Å². The Balaban J connectivity index is 2.09. The first-order chi connectivity index (χ1) is 9.18. The lowest BCUT2D eigenvalue weighted by molar-refractivity contribution is 0.225. The van der Waals surface area contributed by atoms with Crippen LogP contribution < -0.4 is 5.73 Å². The molecule has 3 heteroatoms. The third-order valence-electron chi connectivity index (χ3n) is 3.71. The molecule has 0 aliphatic heterocycles. The van der Waals surface area contributed by atoms with Crippen molar-refractivity contribution < 1.29 is 0 Å². The molecular weight excluding hydrogens is 234 g/mol. The van der Waals surface area contributed by atoms with Gasteiger partial charge < -0.3 is 5.73 Å². The summed E-state index contributed by atoms with van der Waals surface area (Å²) in [7, 11) is 0. The minimum Gasteiger partial charge on any atom is -0.309 e. The first kappa shape index (κ1) is 14.0. The molecule has 1 aromatic rings. The van der Waals surface area contributed by atoms with E-state index >= 15 is 0 Å². The summed E-state index contributed by atoms with van der Waals surface area (Å²) in [5.41, 5.74) is 6.36. The van der Waals surface area contributed by atoms with Crippen molar-refractivity contribution in [1.29, 1.82) is 5.26 Å². The van der Waals surface area contributed by atoms with Gasteiger partial charge in [0.1, 0.15) is 5.54 Å². The largest absolute Gasteiger partial charge is 0.309 e. The van der Waals surface area contributed by atoms with Crippen molar-refractivity contribution >= 4 is 0 Å². The van der Waals surface area contributed by atoms with Crippen molar-refractivity contribution in [2.75, 3.05) is 19.6 Å². The van der Waals surface area contributed by atoms with Gasteiger partial charge in [-0.25, -0.2) is 0 Å². The number of hydrogen-bond donors (Lipinski definition) is 1. The van der Waals surface area contributed by atoms with Gasteiger partial charge in [0, 0.05) is 13.1 Å². The molecule has 3 nitrogen and oxygen atoms in total. The number of nitrogens with two attached hydrogens (primary N) is 1. The van der Waals surface area contributed by atoms with Gasteiger partial charge in [-0.1, -0.05) is 37.3 Å². The standard InChI is InChI=1S/C16H23N3/c1-2-10-19(11-14-8-9-14)13-16(18,12-17)15-6-4-3-5-7-15/h3-7,14H,2,8-11,13,18H2,1H3. The first-order valence-electron chi connectivity index (χ1n) is 7.16. The number of rotatable bonds is 7. The quantitative estimate of drug-likeness (QED) is 0.816. The van der Waals surface area contributed by atoms with Gasteiger partial charge in [0.05, 0.1) is 6.07 Å². The molecule has 1 atom stereocenters. The van der Waals surface area contributed by atoms with Gasteiger partial charge in [-0.05, 0) is 37.3 Å². The highest BCUT2D eigenvalue weighted by Gasteiger charge is 2.32. The predicted molar refractivity (Wildman–Crippen MR) is 77.4 cm³/mol. The van der Waals surface area contributed by atoms with E-state index in [9.17, 15) is 5.26 Å². The summed E-state index contributed by atoms with van der Waals surface area (Å²) >= 11 is 0. The van der Waals surface area contributed by atoms with Gasteiger partial charge in [0.25, 0.3) is 0 Å². The summed E-state index contributed by atoms with van der Waals surface area (Å²) in [6.45, 7) is 4.90. The second-order valence-electron chi connectivity index (χ2n) is 5.63. The van der Waals surface area contributed by atoms with E-state index in [-0.39, 0.29) is 0 Å². The van der Waals surface area contributed by atoms with Crippen molar-refractivity contribution in [2.45, 2.75) is 31.7 Å². The third kappa shape index (κ3) is 3.79. The first-order valence-corrected chi connectivity index (χ1v) is 7.16. The second kappa shape index (κ2) is 6.18. The average molecular weight is 257 g/mol. The monoisotopic (exact) mass is 257 g/mol. The second-order valence-corrected chi connectivity index (χ2v) is 5.63. The highest BCUT2D eigenvalue weighted by atomic mass is 15.1. The van der Waals surface area contributed by atoms with Crippen LogP contribution in [0.25, 0.3) is 0 Å². The Morgan fingerprint density at radius 2 is 2.05 bits per heavy atom. The van der Waals surface area contributed by atoms with E-state index < -0.39 is 5.54 Å². The molecule has 1 aromatic carbocycles. The van der Waals surface area contributed by atoms with Gasteiger partial charge in [-0.2, -0.15) is 5.26 Å². The van der Waals surface area contributed by atoms with Crippen LogP contribution in [0.3, 0.4) is 0 Å². The number of benzene rings is 1. The summed E-state index contributed by atoms with van der Waals surface area (Å²) in [5.74, 6) is 0.824. The van der Waals surface area contributed by atoms with Gasteiger partial charge >= 0.3 is 0 Å². The van der Waals surface area contributed by atoms with Crippen molar-refractivity contribution in [3.63, 3.8) is 0 Å². The van der Waals surface area contributed by atoms with Crippen LogP contribution in [0.4, 0.5) is 0 Å². The zero-order chi connectivity index (χ0) is 13.7. The molecule has 1 unspecified atom stereocenters. The molecule has 1 saturated carbocycles. The van der Waals surface area contributed by atoms with Crippen LogP contribution in [-0.2, 0) is 5.54 Å². The van der Waals surface area contributed by atoms with Gasteiger partial charge in [-0.15, -0.1) is 0 Å². The van der Waals surface area contributed by atoms with E-state index in [1.807, 2.05) is 30.3 Å². The molecular formula is C16H23N3. The van der Waals surface area contributed by atoms with E-state index in [0.29, 0.717) is 6.54 Å². The molecule has 2 N–H and O–H groups in total. The summed E-state index contributed by atoms with van der Waals surface area (Å²) in [6.07, 6.45) is 3.76. The predicted octanol–water partition coefficient (Wildman–Crippen LogP) is 2.49. The minimum absolute atomic E-state index is 0.623. The van der Waals surface area contributed by atoms with E-state index in [1.54, 1.807) is 0 Å². The van der Waals surface area contributed by atoms with Gasteiger partial charge in [0.2, 0.25) is 0 Å². The van der Waals surface area contributed by atoms with Crippen molar-refractivity contribution in [3.8, 4) is 6.07 Å². The molecule has 1 aliphatic rings. The Kier molecular flexibility index (Phi) is 4.57. The fourth-order valence-electron chi connectivity index (χ4n) is 2.50. The molecule has 0 saturated heterocycles. The van der Waals surface area contributed by atoms with Crippen molar-refractivity contribution in [2.24, 2.45) is 11.7 Å². The molecule has 0 spiro atoms. The highest BCUT2D eigenvalue weighted by Crippen LogP contribution is 2.30. The molecule has 0 bridgehead atoms. The van der Waals surface area contributed by atoms with Crippen molar-refractivity contribution in [1.82, 2.24) is 4.90 Å². The summed E-state index contributed by atoms with van der Waals surface area (Å²) in [6, 6.07) is 12.1. The lowest BCUT2D eigenvalue weighted by Gasteiger charge is -2.30. The van der Waals surface area contributed by atoms with Crippen LogP contribution in [-0.4, -0.2) is 24.5 Å². The van der Waals surface area contributed by atoms with Crippen LogP contribution in [0.1, 0.15) is 31.7 Å². The molecule has 102 valence electrons. The molecule has 1 aliphatic carbocycles. The molecule has 0 radical (unpaired) electrons. The fourth-order valence-corrected chi connectivity index (χ4v) is 2.50. The fraction of sp³-hybridized carbons (Fsp3) is 0.562. The third-order valence-corrected chi connectivity index (χ3v) is 3.71. The number of nitriles is 1. The Hall–Kier alpha value is -1.37. The van der Waals surface area contributed by atoms with E-state index in [2.05, 4.69) is 17.9 Å². The lowest BCUT2D eigenvalue weighted by Crippen LogP contribution is -2.47. The Morgan fingerprint density at radius 3 is 2.58 bits per heavy atom. The van der Waals surface area contributed by atoms with Gasteiger partial charge in [-0.3, -0.25) is 4.90 Å². The molecule has 1 fully saturated rings. The topological polar surface area (TPSA) is 53.0 Å². The van der Waals surface area contributed by atoms with Crippen LogP contribution in [0.5, 0.6) is 0 Å². The molecule has 0 amide bonds. The summed E-state index contributed by atoms with van der Waals surface area (Å²) < 4.78 is 0. The molecule has 0 aromatic heterocycles. The molecule has 19 heavy (non-hydrogen) atoms. The minimum atomic E-state index is -0.898. The lowest BCUT2D eigenvalue weighted by atomic mass is 9.92. The maximum atomic E-state index is 9.50. The van der Waals surface area contributed by atoms with E-state index in [0.717, 1.165) is 31.0 Å². The highest BCUT2D eigenvalue weighted by molar-refractivity contribution is 5.31. The SMILES string of the molecule is CCCN(CC1CC1)CC(N)(C#N)c1ccccc1. The smallest absolute Gasteiger partial charge is 0.142 e. The Labute approximate surface area is 116 Å². The Bertz CT molecular complexity index is 433.